The van der Waals surface area contributed by atoms with E-state index in [9.17, 15) is 13.2 Å². The first kappa shape index (κ1) is 22.7. The zero-order valence-electron chi connectivity index (χ0n) is 18.0. The number of nitrogens with one attached hydrogen (secondary N) is 3. The molecule has 3 heterocycles. The highest BCUT2D eigenvalue weighted by molar-refractivity contribution is 7.90. The van der Waals surface area contributed by atoms with E-state index in [2.05, 4.69) is 35.7 Å². The summed E-state index contributed by atoms with van der Waals surface area (Å²) in [6.07, 6.45) is 5.42. The zero-order valence-corrected chi connectivity index (χ0v) is 18.8. The molecule has 0 fully saturated rings. The predicted molar refractivity (Wildman–Crippen MR) is 121 cm³/mol. The number of nitrogens with zero attached hydrogens (tertiary/aromatic N) is 3. The van der Waals surface area contributed by atoms with Gasteiger partial charge in [-0.15, -0.1) is 0 Å². The van der Waals surface area contributed by atoms with E-state index in [0.717, 1.165) is 42.9 Å². The van der Waals surface area contributed by atoms with Crippen molar-refractivity contribution >= 4 is 27.6 Å². The van der Waals surface area contributed by atoms with Gasteiger partial charge in [0.05, 0.1) is 11.4 Å². The van der Waals surface area contributed by atoms with Crippen molar-refractivity contribution in [3.05, 3.63) is 59.1 Å². The van der Waals surface area contributed by atoms with E-state index in [0.29, 0.717) is 18.1 Å². The van der Waals surface area contributed by atoms with E-state index in [-0.39, 0.29) is 5.91 Å². The molecule has 0 bridgehead atoms. The molecular formula is C21H28N6O3S. The number of hydrogen-bond acceptors (Lipinski definition) is 6. The first-order valence-corrected chi connectivity index (χ1v) is 11.6. The Bertz CT molecular complexity index is 1080. The SMILES string of the molecule is CCNS(=O)(=O)Nc1cc(CC2=CCN(c3ccc(C(=O)NC)nc3C)CC2)ccn1. The molecule has 0 saturated carbocycles. The van der Waals surface area contributed by atoms with Crippen molar-refractivity contribution in [2.24, 2.45) is 0 Å². The lowest BCUT2D eigenvalue weighted by atomic mass is 9.99. The number of pyridine rings is 2. The van der Waals surface area contributed by atoms with Crippen molar-refractivity contribution in [2.45, 2.75) is 26.7 Å². The number of hydrogen-bond donors (Lipinski definition) is 3. The highest BCUT2D eigenvalue weighted by Gasteiger charge is 2.17. The van der Waals surface area contributed by atoms with Gasteiger partial charge in [0.2, 0.25) is 0 Å². The third-order valence-electron chi connectivity index (χ3n) is 4.99. The van der Waals surface area contributed by atoms with Crippen LogP contribution in [0, 0.1) is 6.92 Å². The second-order valence-electron chi connectivity index (χ2n) is 7.27. The molecule has 0 radical (unpaired) electrons. The number of amides is 1. The van der Waals surface area contributed by atoms with E-state index >= 15 is 0 Å². The van der Waals surface area contributed by atoms with Crippen LogP contribution in [0.4, 0.5) is 11.5 Å². The second kappa shape index (κ2) is 9.88. The summed E-state index contributed by atoms with van der Waals surface area (Å²) in [5.41, 5.74) is 4.54. The normalized spacial score (nSPS) is 14.2. The summed E-state index contributed by atoms with van der Waals surface area (Å²) in [5, 5.41) is 2.59. The van der Waals surface area contributed by atoms with Gasteiger partial charge in [0.1, 0.15) is 11.5 Å². The molecule has 0 saturated heterocycles. The number of anilines is 2. The van der Waals surface area contributed by atoms with Crippen molar-refractivity contribution < 1.29 is 13.2 Å². The Hall–Kier alpha value is -2.98. The number of rotatable bonds is 8. The van der Waals surface area contributed by atoms with Gasteiger partial charge in [-0.25, -0.2) is 9.97 Å². The molecular weight excluding hydrogens is 416 g/mol. The maximum absolute atomic E-state index is 11.9. The van der Waals surface area contributed by atoms with E-state index in [1.165, 1.54) is 5.57 Å². The van der Waals surface area contributed by atoms with Crippen LogP contribution in [0.25, 0.3) is 0 Å². The van der Waals surface area contributed by atoms with Gasteiger partial charge in [-0.3, -0.25) is 9.52 Å². The van der Waals surface area contributed by atoms with Crippen LogP contribution in [0.1, 0.15) is 35.1 Å². The lowest BCUT2D eigenvalue weighted by molar-refractivity contribution is 0.0958. The maximum atomic E-state index is 11.9. The van der Waals surface area contributed by atoms with Crippen LogP contribution < -0.4 is 19.7 Å². The van der Waals surface area contributed by atoms with Crippen molar-refractivity contribution in [1.82, 2.24) is 20.0 Å². The van der Waals surface area contributed by atoms with Gasteiger partial charge in [0, 0.05) is 32.9 Å². The molecule has 0 spiro atoms. The van der Waals surface area contributed by atoms with Gasteiger partial charge < -0.3 is 10.2 Å². The monoisotopic (exact) mass is 444 g/mol. The molecule has 31 heavy (non-hydrogen) atoms. The van der Waals surface area contributed by atoms with E-state index in [1.807, 2.05) is 19.1 Å². The number of aryl methyl sites for hydroxylation is 1. The third kappa shape index (κ3) is 6.02. The smallest absolute Gasteiger partial charge is 0.300 e. The standard InChI is InChI=1S/C21H28N6O3S/c1-4-24-31(29,30)26-20-14-17(7-10-23-20)13-16-8-11-27(12-9-16)19-6-5-18(21(28)22-3)25-15(19)2/h5-8,10,14,24H,4,9,11-13H2,1-3H3,(H,22,28)(H,23,26). The van der Waals surface area contributed by atoms with Crippen molar-refractivity contribution in [3.8, 4) is 0 Å². The van der Waals surface area contributed by atoms with Crippen LogP contribution in [0.3, 0.4) is 0 Å². The molecule has 166 valence electrons. The second-order valence-corrected chi connectivity index (χ2v) is 8.77. The highest BCUT2D eigenvalue weighted by atomic mass is 32.2. The fourth-order valence-corrected chi connectivity index (χ4v) is 4.34. The van der Waals surface area contributed by atoms with Gasteiger partial charge in [-0.05, 0) is 49.6 Å². The summed E-state index contributed by atoms with van der Waals surface area (Å²) in [4.78, 5) is 22.5. The van der Waals surface area contributed by atoms with Crippen molar-refractivity contribution in [1.29, 1.82) is 0 Å². The Morgan fingerprint density at radius 1 is 1.26 bits per heavy atom. The third-order valence-corrected chi connectivity index (χ3v) is 6.14. The number of aromatic nitrogens is 2. The Balaban J connectivity index is 1.65. The lowest BCUT2D eigenvalue weighted by Crippen LogP contribution is -2.30. The van der Waals surface area contributed by atoms with Gasteiger partial charge in [-0.2, -0.15) is 13.1 Å². The predicted octanol–water partition coefficient (Wildman–Crippen LogP) is 1.79. The Morgan fingerprint density at radius 2 is 2.06 bits per heavy atom. The molecule has 10 heteroatoms. The Morgan fingerprint density at radius 3 is 2.71 bits per heavy atom. The minimum absolute atomic E-state index is 0.194. The molecule has 9 nitrogen and oxygen atoms in total. The summed E-state index contributed by atoms with van der Waals surface area (Å²) in [7, 11) is -2.01. The average molecular weight is 445 g/mol. The molecule has 1 aliphatic rings. The van der Waals surface area contributed by atoms with Crippen LogP contribution in [0.5, 0.6) is 0 Å². The van der Waals surface area contributed by atoms with Crippen LogP contribution in [-0.4, -0.2) is 51.0 Å². The first-order chi connectivity index (χ1) is 14.8. The molecule has 0 aromatic carbocycles. The molecule has 2 aromatic rings. The number of carbonyl (C=O) groups is 1. The van der Waals surface area contributed by atoms with Crippen LogP contribution >= 0.6 is 0 Å². The highest BCUT2D eigenvalue weighted by Crippen LogP contribution is 2.24. The van der Waals surface area contributed by atoms with Gasteiger partial charge >= 0.3 is 0 Å². The van der Waals surface area contributed by atoms with Crippen molar-refractivity contribution in [2.75, 3.05) is 36.3 Å². The van der Waals surface area contributed by atoms with Crippen LogP contribution in [0.2, 0.25) is 0 Å². The van der Waals surface area contributed by atoms with Gasteiger partial charge in [0.25, 0.3) is 16.1 Å². The summed E-state index contributed by atoms with van der Waals surface area (Å²) >= 11 is 0. The minimum Gasteiger partial charge on any atom is -0.366 e. The molecule has 1 aliphatic heterocycles. The zero-order chi connectivity index (χ0) is 22.4. The Labute approximate surface area is 183 Å². The first-order valence-electron chi connectivity index (χ1n) is 10.2. The van der Waals surface area contributed by atoms with Gasteiger partial charge in [-0.1, -0.05) is 18.6 Å². The van der Waals surface area contributed by atoms with E-state index < -0.39 is 10.2 Å². The van der Waals surface area contributed by atoms with Crippen LogP contribution in [0.15, 0.2) is 42.1 Å². The lowest BCUT2D eigenvalue weighted by Gasteiger charge is -2.29. The summed E-state index contributed by atoms with van der Waals surface area (Å²) < 4.78 is 28.6. The molecule has 0 aliphatic carbocycles. The fourth-order valence-electron chi connectivity index (χ4n) is 3.50. The quantitative estimate of drug-likeness (QED) is 0.535. The molecule has 3 N–H and O–H groups in total. The van der Waals surface area contributed by atoms with E-state index in [4.69, 9.17) is 0 Å². The summed E-state index contributed by atoms with van der Waals surface area (Å²) in [6, 6.07) is 7.34. The molecule has 2 aromatic heterocycles. The average Bonchev–Trinajstić information content (AvgIpc) is 2.73. The fraction of sp³-hybridized carbons (Fsp3) is 0.381. The van der Waals surface area contributed by atoms with Crippen LogP contribution in [-0.2, 0) is 16.6 Å². The largest absolute Gasteiger partial charge is 0.366 e. The summed E-state index contributed by atoms with van der Waals surface area (Å²) in [6.45, 7) is 5.53. The molecule has 0 atom stereocenters. The molecule has 1 amide bonds. The topological polar surface area (TPSA) is 116 Å². The minimum atomic E-state index is -3.60. The Kier molecular flexibility index (Phi) is 7.24. The molecule has 0 unspecified atom stereocenters. The van der Waals surface area contributed by atoms with Crippen molar-refractivity contribution in [3.63, 3.8) is 0 Å². The maximum Gasteiger partial charge on any atom is 0.300 e. The number of carbonyl (C=O) groups excluding carboxylic acids is 1. The van der Waals surface area contributed by atoms with E-state index in [1.54, 1.807) is 32.3 Å². The van der Waals surface area contributed by atoms with Gasteiger partial charge in [0.15, 0.2) is 0 Å². The molecule has 3 rings (SSSR count). The summed E-state index contributed by atoms with van der Waals surface area (Å²) in [5.74, 6) is 0.106.